The largest absolute Gasteiger partial charge is 0.325 e. The van der Waals surface area contributed by atoms with E-state index in [0.29, 0.717) is 10.8 Å². The molecular weight excluding hydrogens is 230 g/mol. The Labute approximate surface area is 120 Å². The zero-order valence-corrected chi connectivity index (χ0v) is 14.1. The zero-order chi connectivity index (χ0) is 14.5. The van der Waals surface area contributed by atoms with Gasteiger partial charge in [-0.1, -0.05) is 48.0 Å². The second-order valence-corrected chi connectivity index (χ2v) is 9.56. The molecule has 0 aromatic carbocycles. The molecule has 2 fully saturated rings. The Hall–Kier alpha value is -0.0400. The minimum atomic E-state index is 0.0830. The molecule has 1 nitrogen and oxygen atoms in total. The van der Waals surface area contributed by atoms with Crippen LogP contribution in [0.15, 0.2) is 0 Å². The van der Waals surface area contributed by atoms with Gasteiger partial charge in [0.05, 0.1) is 0 Å². The Morgan fingerprint density at radius 3 is 1.79 bits per heavy atom. The molecule has 0 radical (unpaired) electrons. The van der Waals surface area contributed by atoms with Gasteiger partial charge in [0.2, 0.25) is 0 Å². The Balaban J connectivity index is 2.17. The molecule has 2 saturated carbocycles. The third kappa shape index (κ3) is 3.35. The lowest BCUT2D eigenvalue weighted by Crippen LogP contribution is -2.57. The van der Waals surface area contributed by atoms with Crippen LogP contribution in [0.25, 0.3) is 0 Å². The van der Waals surface area contributed by atoms with Gasteiger partial charge in [0, 0.05) is 5.54 Å². The molecule has 0 aromatic rings. The molecule has 0 aliphatic heterocycles. The number of hydrogen-bond acceptors (Lipinski definition) is 1. The van der Waals surface area contributed by atoms with Gasteiger partial charge in [-0.15, -0.1) is 0 Å². The van der Waals surface area contributed by atoms with Gasteiger partial charge in [0.25, 0.3) is 0 Å². The van der Waals surface area contributed by atoms with Crippen molar-refractivity contribution < 1.29 is 0 Å². The molecule has 3 atom stereocenters. The summed E-state index contributed by atoms with van der Waals surface area (Å²) in [5.74, 6) is 2.49. The maximum absolute atomic E-state index is 6.99. The van der Waals surface area contributed by atoms with Gasteiger partial charge in [0.1, 0.15) is 0 Å². The Morgan fingerprint density at radius 2 is 1.32 bits per heavy atom. The van der Waals surface area contributed by atoms with Crippen LogP contribution in [0, 0.1) is 28.6 Å². The molecule has 112 valence electrons. The third-order valence-corrected chi connectivity index (χ3v) is 5.98. The highest BCUT2D eigenvalue weighted by atomic mass is 14.8. The molecule has 0 amide bonds. The van der Waals surface area contributed by atoms with Crippen molar-refractivity contribution in [2.75, 3.05) is 0 Å². The SMILES string of the molecule is CC1CCC(C2(N)CC(C)(C)CC(C)(C)C2)CC1C. The van der Waals surface area contributed by atoms with E-state index in [1.807, 2.05) is 0 Å². The molecule has 0 saturated heterocycles. The first-order chi connectivity index (χ1) is 8.53. The zero-order valence-electron chi connectivity index (χ0n) is 14.1. The summed E-state index contributed by atoms with van der Waals surface area (Å²) in [6.45, 7) is 14.5. The molecule has 2 rings (SSSR count). The number of hydrogen-bond donors (Lipinski definition) is 1. The molecule has 2 aliphatic carbocycles. The van der Waals surface area contributed by atoms with Crippen molar-refractivity contribution in [3.05, 3.63) is 0 Å². The van der Waals surface area contributed by atoms with Crippen molar-refractivity contribution in [1.29, 1.82) is 0 Å². The summed E-state index contributed by atoms with van der Waals surface area (Å²) in [6, 6.07) is 0. The van der Waals surface area contributed by atoms with Gasteiger partial charge in [0.15, 0.2) is 0 Å². The van der Waals surface area contributed by atoms with Gasteiger partial charge in [-0.2, -0.15) is 0 Å². The normalized spacial score (nSPS) is 40.9. The lowest BCUT2D eigenvalue weighted by molar-refractivity contribution is -0.00370. The molecule has 19 heavy (non-hydrogen) atoms. The smallest absolute Gasteiger partial charge is 0.0193 e. The lowest BCUT2D eigenvalue weighted by Gasteiger charge is -2.55. The van der Waals surface area contributed by atoms with Crippen LogP contribution in [0.4, 0.5) is 0 Å². The summed E-state index contributed by atoms with van der Waals surface area (Å²) in [6.07, 6.45) is 7.84. The summed E-state index contributed by atoms with van der Waals surface area (Å²) in [7, 11) is 0. The number of nitrogens with two attached hydrogens (primary N) is 1. The maximum atomic E-state index is 6.99. The predicted molar refractivity (Wildman–Crippen MR) is 84.0 cm³/mol. The summed E-state index contributed by atoms with van der Waals surface area (Å²) in [5, 5.41) is 0. The van der Waals surface area contributed by atoms with E-state index in [1.54, 1.807) is 0 Å². The Kier molecular flexibility index (Phi) is 3.84. The molecule has 3 unspecified atom stereocenters. The summed E-state index contributed by atoms with van der Waals surface area (Å²) in [4.78, 5) is 0. The average molecular weight is 265 g/mol. The second-order valence-electron chi connectivity index (χ2n) is 9.56. The first-order valence-electron chi connectivity index (χ1n) is 8.32. The fraction of sp³-hybridized carbons (Fsp3) is 1.00. The van der Waals surface area contributed by atoms with Crippen molar-refractivity contribution in [3.63, 3.8) is 0 Å². The van der Waals surface area contributed by atoms with E-state index in [-0.39, 0.29) is 5.54 Å². The van der Waals surface area contributed by atoms with E-state index < -0.39 is 0 Å². The van der Waals surface area contributed by atoms with E-state index in [2.05, 4.69) is 41.5 Å². The number of rotatable bonds is 1. The molecule has 2 aliphatic rings. The van der Waals surface area contributed by atoms with Gasteiger partial charge < -0.3 is 5.73 Å². The minimum absolute atomic E-state index is 0.0830. The van der Waals surface area contributed by atoms with Crippen LogP contribution in [0.5, 0.6) is 0 Å². The molecule has 0 bridgehead atoms. The van der Waals surface area contributed by atoms with Gasteiger partial charge in [-0.05, 0) is 60.7 Å². The molecule has 2 N–H and O–H groups in total. The third-order valence-electron chi connectivity index (χ3n) is 5.98. The molecular formula is C18H35N. The van der Waals surface area contributed by atoms with Gasteiger partial charge in [-0.25, -0.2) is 0 Å². The van der Waals surface area contributed by atoms with Crippen LogP contribution in [0.3, 0.4) is 0 Å². The molecule has 0 heterocycles. The van der Waals surface area contributed by atoms with E-state index in [4.69, 9.17) is 5.73 Å². The minimum Gasteiger partial charge on any atom is -0.325 e. The fourth-order valence-corrected chi connectivity index (χ4v) is 5.62. The first kappa shape index (κ1) is 15.4. The van der Waals surface area contributed by atoms with E-state index >= 15 is 0 Å². The van der Waals surface area contributed by atoms with Gasteiger partial charge >= 0.3 is 0 Å². The van der Waals surface area contributed by atoms with Crippen LogP contribution in [-0.2, 0) is 0 Å². The maximum Gasteiger partial charge on any atom is 0.0193 e. The van der Waals surface area contributed by atoms with Crippen molar-refractivity contribution in [1.82, 2.24) is 0 Å². The summed E-state index contributed by atoms with van der Waals surface area (Å²) >= 11 is 0. The average Bonchev–Trinajstić information content (AvgIpc) is 2.16. The van der Waals surface area contributed by atoms with Crippen LogP contribution in [0.1, 0.15) is 80.1 Å². The van der Waals surface area contributed by atoms with E-state index in [1.165, 1.54) is 38.5 Å². The van der Waals surface area contributed by atoms with Crippen molar-refractivity contribution in [2.24, 2.45) is 34.3 Å². The topological polar surface area (TPSA) is 26.0 Å². The van der Waals surface area contributed by atoms with Crippen LogP contribution in [-0.4, -0.2) is 5.54 Å². The van der Waals surface area contributed by atoms with Crippen molar-refractivity contribution in [2.45, 2.75) is 85.6 Å². The monoisotopic (exact) mass is 265 g/mol. The summed E-state index contributed by atoms with van der Waals surface area (Å²) < 4.78 is 0. The Bertz CT molecular complexity index is 313. The highest BCUT2D eigenvalue weighted by Crippen LogP contribution is 2.54. The standard InChI is InChI=1S/C18H35N/c1-13-7-8-15(9-14(13)2)18(19)11-16(3,4)10-17(5,6)12-18/h13-15H,7-12,19H2,1-6H3. The highest BCUT2D eigenvalue weighted by Gasteiger charge is 2.49. The van der Waals surface area contributed by atoms with E-state index in [0.717, 1.165) is 17.8 Å². The van der Waals surface area contributed by atoms with Crippen molar-refractivity contribution >= 4 is 0 Å². The molecule has 0 aromatic heterocycles. The van der Waals surface area contributed by atoms with Gasteiger partial charge in [-0.3, -0.25) is 0 Å². The fourth-order valence-electron chi connectivity index (χ4n) is 5.62. The van der Waals surface area contributed by atoms with E-state index in [9.17, 15) is 0 Å². The molecule has 0 spiro atoms. The first-order valence-corrected chi connectivity index (χ1v) is 8.32. The highest BCUT2D eigenvalue weighted by molar-refractivity contribution is 5.05. The predicted octanol–water partition coefficient (Wildman–Crippen LogP) is 4.99. The van der Waals surface area contributed by atoms with Crippen molar-refractivity contribution in [3.8, 4) is 0 Å². The van der Waals surface area contributed by atoms with Crippen LogP contribution < -0.4 is 5.73 Å². The lowest BCUT2D eigenvalue weighted by atomic mass is 9.53. The quantitative estimate of drug-likeness (QED) is 0.710. The second kappa shape index (κ2) is 4.76. The Morgan fingerprint density at radius 1 is 0.789 bits per heavy atom. The van der Waals surface area contributed by atoms with Crippen LogP contribution >= 0.6 is 0 Å². The molecule has 1 heteroatoms. The summed E-state index contributed by atoms with van der Waals surface area (Å²) in [5.41, 5.74) is 7.89. The van der Waals surface area contributed by atoms with Crippen LogP contribution in [0.2, 0.25) is 0 Å².